The van der Waals surface area contributed by atoms with Crippen LogP contribution in [0.1, 0.15) is 79.0 Å². The molecule has 0 spiro atoms. The molecule has 4 amide bonds. The number of carbonyl (C=O) groups excluding carboxylic acids is 3. The van der Waals surface area contributed by atoms with E-state index in [0.29, 0.717) is 38.6 Å². The summed E-state index contributed by atoms with van der Waals surface area (Å²) in [7, 11) is 0. The Labute approximate surface area is 301 Å². The molecule has 278 valence electrons. The van der Waals surface area contributed by atoms with Crippen molar-refractivity contribution in [1.82, 2.24) is 24.7 Å². The zero-order valence-electron chi connectivity index (χ0n) is 29.8. The maximum Gasteiger partial charge on any atom is 0.425 e. The van der Waals surface area contributed by atoms with Gasteiger partial charge >= 0.3 is 24.4 Å². The molecule has 2 fully saturated rings. The first kappa shape index (κ1) is 35.7. The third-order valence-electron chi connectivity index (χ3n) is 8.77. The SMILES string of the molecule is CC(C)(C)OC(=O)N(C(=O)OC(C)(C)C)c1ncnc2c1c(-c1ccc(NC(=O)Nc3cc(C4(C(F)(F)F)CC4)on3)c3cnccc13)cn2C1CC1. The van der Waals surface area contributed by atoms with E-state index >= 15 is 0 Å². The van der Waals surface area contributed by atoms with Gasteiger partial charge in [0.05, 0.1) is 11.1 Å². The summed E-state index contributed by atoms with van der Waals surface area (Å²) in [6, 6.07) is 5.57. The number of benzene rings is 1. The lowest BCUT2D eigenvalue weighted by Gasteiger charge is -2.28. The average Bonchev–Trinajstić information content (AvgIpc) is 3.98. The zero-order valence-corrected chi connectivity index (χ0v) is 29.8. The van der Waals surface area contributed by atoms with Crippen molar-refractivity contribution in [3.8, 4) is 11.1 Å². The summed E-state index contributed by atoms with van der Waals surface area (Å²) in [5, 5.41) is 10.3. The average molecular weight is 735 g/mol. The Hall–Kier alpha value is -5.74. The lowest BCUT2D eigenvalue weighted by molar-refractivity contribution is -0.165. The van der Waals surface area contributed by atoms with Crippen LogP contribution in [-0.4, -0.2) is 60.3 Å². The van der Waals surface area contributed by atoms with Crippen LogP contribution < -0.4 is 15.5 Å². The van der Waals surface area contributed by atoms with Crippen molar-refractivity contribution in [2.24, 2.45) is 0 Å². The van der Waals surface area contributed by atoms with Crippen LogP contribution in [0.2, 0.25) is 0 Å². The van der Waals surface area contributed by atoms with Crippen LogP contribution in [0.25, 0.3) is 32.9 Å². The summed E-state index contributed by atoms with van der Waals surface area (Å²) in [5.74, 6) is -0.570. The lowest BCUT2D eigenvalue weighted by atomic mass is 9.98. The summed E-state index contributed by atoms with van der Waals surface area (Å²) in [5.41, 5.74) is -1.95. The van der Waals surface area contributed by atoms with E-state index in [1.807, 2.05) is 10.8 Å². The quantitative estimate of drug-likeness (QED) is 0.172. The van der Waals surface area contributed by atoms with Gasteiger partial charge in [-0.05, 0) is 90.3 Å². The Morgan fingerprint density at radius 3 is 2.21 bits per heavy atom. The van der Waals surface area contributed by atoms with Gasteiger partial charge in [0.1, 0.15) is 28.6 Å². The number of amides is 4. The Balaban J connectivity index is 1.28. The zero-order chi connectivity index (χ0) is 38.1. The molecule has 0 atom stereocenters. The van der Waals surface area contributed by atoms with Crippen molar-refractivity contribution in [2.75, 3.05) is 15.5 Å². The Bertz CT molecular complexity index is 2230. The van der Waals surface area contributed by atoms with Gasteiger partial charge in [0, 0.05) is 41.6 Å². The minimum atomic E-state index is -4.50. The second kappa shape index (κ2) is 12.4. The number of fused-ring (bicyclic) bond motifs is 2. The van der Waals surface area contributed by atoms with Gasteiger partial charge in [-0.25, -0.2) is 24.4 Å². The smallest absolute Gasteiger partial charge is 0.425 e. The highest BCUT2D eigenvalue weighted by atomic mass is 19.4. The molecule has 0 unspecified atom stereocenters. The molecular formula is C36H37F3N8O6. The summed E-state index contributed by atoms with van der Waals surface area (Å²) < 4.78 is 59.0. The third kappa shape index (κ3) is 6.94. The second-order valence-corrected chi connectivity index (χ2v) is 15.2. The van der Waals surface area contributed by atoms with Gasteiger partial charge in [-0.3, -0.25) is 10.3 Å². The lowest BCUT2D eigenvalue weighted by Crippen LogP contribution is -2.44. The van der Waals surface area contributed by atoms with Crippen LogP contribution >= 0.6 is 0 Å². The number of halogens is 3. The van der Waals surface area contributed by atoms with E-state index in [9.17, 15) is 27.6 Å². The first-order valence-electron chi connectivity index (χ1n) is 17.0. The molecule has 53 heavy (non-hydrogen) atoms. The number of urea groups is 1. The van der Waals surface area contributed by atoms with Crippen molar-refractivity contribution in [2.45, 2.75) is 96.1 Å². The van der Waals surface area contributed by atoms with Gasteiger partial charge in [0.15, 0.2) is 17.4 Å². The Kier molecular flexibility index (Phi) is 8.37. The number of carbonyl (C=O) groups is 3. The van der Waals surface area contributed by atoms with E-state index < -0.39 is 41.0 Å². The first-order chi connectivity index (χ1) is 24.8. The van der Waals surface area contributed by atoms with Crippen molar-refractivity contribution in [3.63, 3.8) is 0 Å². The number of pyridine rings is 1. The summed E-state index contributed by atoms with van der Waals surface area (Å²) in [6.07, 6.45) is 1.40. The standard InChI is InChI=1S/C36H37F3N8O6/c1-33(2,3)51-31(49)47(32(50)52-34(4,5)6)29-27-23(17-46(19-7-8-19)28(27)41-18-42-29)20-9-10-24(22-16-40-14-11-21(20)22)43-30(48)44-26-15-25(53-45-26)35(12-13-35)36(37,38)39/h9-11,14-19H,7-8,12-13H2,1-6H3,(H2,43,44,45,48). The van der Waals surface area contributed by atoms with Crippen molar-refractivity contribution in [1.29, 1.82) is 0 Å². The third-order valence-corrected chi connectivity index (χ3v) is 8.77. The molecule has 5 aromatic rings. The molecule has 4 aromatic heterocycles. The van der Waals surface area contributed by atoms with Crippen LogP contribution in [0.3, 0.4) is 0 Å². The van der Waals surface area contributed by atoms with Gasteiger partial charge in [-0.15, -0.1) is 0 Å². The van der Waals surface area contributed by atoms with Gasteiger partial charge in [-0.2, -0.15) is 18.1 Å². The highest BCUT2D eigenvalue weighted by Crippen LogP contribution is 2.59. The second-order valence-electron chi connectivity index (χ2n) is 15.2. The molecular weight excluding hydrogens is 697 g/mol. The molecule has 0 aliphatic heterocycles. The minimum absolute atomic E-state index is 0.0397. The molecule has 17 heteroatoms. The number of nitrogens with zero attached hydrogens (tertiary/aromatic N) is 6. The molecule has 1 aromatic carbocycles. The van der Waals surface area contributed by atoms with Crippen LogP contribution in [0.5, 0.6) is 0 Å². The van der Waals surface area contributed by atoms with Gasteiger partial charge < -0.3 is 23.9 Å². The molecule has 7 rings (SSSR count). The number of nitrogens with one attached hydrogen (secondary N) is 2. The predicted molar refractivity (Wildman–Crippen MR) is 188 cm³/mol. The molecule has 0 radical (unpaired) electrons. The van der Waals surface area contributed by atoms with E-state index in [1.54, 1.807) is 72.1 Å². The van der Waals surface area contributed by atoms with E-state index in [1.165, 1.54) is 6.33 Å². The molecule has 4 heterocycles. The number of imide groups is 1. The normalized spacial score (nSPS) is 15.6. The van der Waals surface area contributed by atoms with E-state index in [2.05, 4.69) is 30.7 Å². The fourth-order valence-electron chi connectivity index (χ4n) is 6.09. The monoisotopic (exact) mass is 734 g/mol. The molecule has 0 bridgehead atoms. The van der Waals surface area contributed by atoms with Crippen LogP contribution in [0.15, 0.2) is 53.7 Å². The summed E-state index contributed by atoms with van der Waals surface area (Å²) >= 11 is 0. The predicted octanol–water partition coefficient (Wildman–Crippen LogP) is 8.88. The van der Waals surface area contributed by atoms with Gasteiger partial charge in [0.25, 0.3) is 0 Å². The highest BCUT2D eigenvalue weighted by Gasteiger charge is 2.67. The number of aromatic nitrogens is 5. The van der Waals surface area contributed by atoms with E-state index in [0.717, 1.165) is 23.8 Å². The molecule has 14 nitrogen and oxygen atoms in total. The van der Waals surface area contributed by atoms with Gasteiger partial charge in [-0.1, -0.05) is 11.2 Å². The Morgan fingerprint density at radius 1 is 0.925 bits per heavy atom. The van der Waals surface area contributed by atoms with E-state index in [-0.39, 0.29) is 36.3 Å². The summed E-state index contributed by atoms with van der Waals surface area (Å²) in [4.78, 5) is 54.6. The van der Waals surface area contributed by atoms with Crippen LogP contribution in [0, 0.1) is 0 Å². The maximum absolute atomic E-state index is 13.7. The Morgan fingerprint density at radius 2 is 1.60 bits per heavy atom. The molecule has 2 N–H and O–H groups in total. The highest BCUT2D eigenvalue weighted by molar-refractivity contribution is 6.18. The summed E-state index contributed by atoms with van der Waals surface area (Å²) in [6.45, 7) is 10.1. The number of hydrogen-bond acceptors (Lipinski definition) is 10. The fourth-order valence-corrected chi connectivity index (χ4v) is 6.09. The molecule has 2 aliphatic rings. The first-order valence-corrected chi connectivity index (χ1v) is 17.0. The number of rotatable bonds is 6. The van der Waals surface area contributed by atoms with Crippen LogP contribution in [-0.2, 0) is 14.9 Å². The number of hydrogen-bond donors (Lipinski definition) is 2. The van der Waals surface area contributed by atoms with Crippen molar-refractivity contribution >= 4 is 57.3 Å². The number of ether oxygens (including phenoxy) is 2. The number of anilines is 3. The fraction of sp³-hybridized carbons (Fsp3) is 0.417. The topological polar surface area (TPSA) is 167 Å². The van der Waals surface area contributed by atoms with Crippen molar-refractivity contribution < 1.29 is 41.6 Å². The van der Waals surface area contributed by atoms with Gasteiger partial charge in [0.2, 0.25) is 0 Å². The number of alkyl halides is 3. The van der Waals surface area contributed by atoms with E-state index in [4.69, 9.17) is 14.0 Å². The molecule has 2 aliphatic carbocycles. The molecule has 2 saturated carbocycles. The van der Waals surface area contributed by atoms with Crippen LogP contribution in [0.4, 0.5) is 44.9 Å². The molecule has 0 saturated heterocycles. The largest absolute Gasteiger partial charge is 0.443 e. The minimum Gasteiger partial charge on any atom is -0.443 e. The maximum atomic E-state index is 13.7. The van der Waals surface area contributed by atoms with Crippen molar-refractivity contribution in [3.05, 3.63) is 54.9 Å².